The van der Waals surface area contributed by atoms with Crippen molar-refractivity contribution < 1.29 is 4.79 Å². The standard InChI is InChI=1S/C15H21BrN2O/c1-10-5-6-12(13(16)8-10)15(19)18-7-3-4-11(2)14(18)9-17/h5-6,8,11,14H,3-4,7,9,17H2,1-2H3. The Morgan fingerprint density at radius 3 is 2.89 bits per heavy atom. The quantitative estimate of drug-likeness (QED) is 0.909. The average molecular weight is 325 g/mol. The number of likely N-dealkylation sites (tertiary alicyclic amines) is 1. The van der Waals surface area contributed by atoms with E-state index in [1.165, 1.54) is 0 Å². The zero-order valence-electron chi connectivity index (χ0n) is 11.5. The van der Waals surface area contributed by atoms with E-state index in [2.05, 4.69) is 22.9 Å². The average Bonchev–Trinajstić information content (AvgIpc) is 2.37. The monoisotopic (exact) mass is 324 g/mol. The van der Waals surface area contributed by atoms with Crippen molar-refractivity contribution in [3.05, 3.63) is 33.8 Å². The molecule has 0 aromatic heterocycles. The second-order valence-corrected chi connectivity index (χ2v) is 6.26. The van der Waals surface area contributed by atoms with Crippen molar-refractivity contribution in [1.29, 1.82) is 0 Å². The van der Waals surface area contributed by atoms with Crippen LogP contribution in [-0.2, 0) is 0 Å². The molecule has 2 unspecified atom stereocenters. The summed E-state index contributed by atoms with van der Waals surface area (Å²) in [4.78, 5) is 14.6. The summed E-state index contributed by atoms with van der Waals surface area (Å²) in [5.74, 6) is 0.570. The van der Waals surface area contributed by atoms with Crippen molar-refractivity contribution in [3.63, 3.8) is 0 Å². The Hall–Kier alpha value is -0.870. The molecule has 0 saturated carbocycles. The number of carbonyl (C=O) groups excluding carboxylic acids is 1. The van der Waals surface area contributed by atoms with Crippen LogP contribution in [0.25, 0.3) is 0 Å². The highest BCUT2D eigenvalue weighted by Gasteiger charge is 2.31. The van der Waals surface area contributed by atoms with Gasteiger partial charge < -0.3 is 10.6 Å². The lowest BCUT2D eigenvalue weighted by Crippen LogP contribution is -2.51. The molecule has 1 amide bonds. The SMILES string of the molecule is Cc1ccc(C(=O)N2CCCC(C)C2CN)c(Br)c1. The van der Waals surface area contributed by atoms with Crippen LogP contribution in [0.2, 0.25) is 0 Å². The van der Waals surface area contributed by atoms with Gasteiger partial charge in [0.05, 0.1) is 5.56 Å². The molecule has 1 heterocycles. The van der Waals surface area contributed by atoms with Gasteiger partial charge in [-0.3, -0.25) is 4.79 Å². The summed E-state index contributed by atoms with van der Waals surface area (Å²) < 4.78 is 0.867. The van der Waals surface area contributed by atoms with E-state index in [0.717, 1.165) is 35.0 Å². The lowest BCUT2D eigenvalue weighted by atomic mass is 9.90. The van der Waals surface area contributed by atoms with Crippen LogP contribution in [0, 0.1) is 12.8 Å². The van der Waals surface area contributed by atoms with E-state index in [4.69, 9.17) is 5.73 Å². The highest BCUT2D eigenvalue weighted by Crippen LogP contribution is 2.27. The summed E-state index contributed by atoms with van der Waals surface area (Å²) in [6.45, 7) is 5.55. The Kier molecular flexibility index (Phi) is 4.63. The normalized spacial score (nSPS) is 23.5. The Morgan fingerprint density at radius 2 is 2.26 bits per heavy atom. The van der Waals surface area contributed by atoms with Crippen molar-refractivity contribution in [3.8, 4) is 0 Å². The van der Waals surface area contributed by atoms with Gasteiger partial charge in [0.25, 0.3) is 5.91 Å². The maximum absolute atomic E-state index is 12.7. The summed E-state index contributed by atoms with van der Waals surface area (Å²) in [5, 5.41) is 0. The minimum Gasteiger partial charge on any atom is -0.334 e. The molecule has 0 bridgehead atoms. The van der Waals surface area contributed by atoms with E-state index >= 15 is 0 Å². The number of rotatable bonds is 2. The number of carbonyl (C=O) groups is 1. The molecular formula is C15H21BrN2O. The number of nitrogens with two attached hydrogens (primary N) is 1. The molecule has 1 aromatic carbocycles. The number of halogens is 1. The van der Waals surface area contributed by atoms with Gasteiger partial charge in [0.1, 0.15) is 0 Å². The number of nitrogens with zero attached hydrogens (tertiary/aromatic N) is 1. The van der Waals surface area contributed by atoms with Crippen molar-refractivity contribution in [2.75, 3.05) is 13.1 Å². The van der Waals surface area contributed by atoms with Gasteiger partial charge in [-0.15, -0.1) is 0 Å². The lowest BCUT2D eigenvalue weighted by Gasteiger charge is -2.39. The van der Waals surface area contributed by atoms with E-state index in [0.29, 0.717) is 12.5 Å². The molecule has 3 nitrogen and oxygen atoms in total. The van der Waals surface area contributed by atoms with E-state index in [-0.39, 0.29) is 11.9 Å². The zero-order chi connectivity index (χ0) is 14.0. The Balaban J connectivity index is 2.27. The Labute approximate surface area is 123 Å². The van der Waals surface area contributed by atoms with E-state index in [1.807, 2.05) is 30.0 Å². The second-order valence-electron chi connectivity index (χ2n) is 5.40. The van der Waals surface area contributed by atoms with Crippen molar-refractivity contribution in [2.24, 2.45) is 11.7 Å². The molecule has 2 rings (SSSR count). The third-order valence-electron chi connectivity index (χ3n) is 3.97. The predicted octanol–water partition coefficient (Wildman–Crippen LogP) is 2.96. The number of hydrogen-bond donors (Lipinski definition) is 1. The molecule has 1 fully saturated rings. The Bertz CT molecular complexity index is 475. The molecule has 2 N–H and O–H groups in total. The van der Waals surface area contributed by atoms with E-state index in [1.54, 1.807) is 0 Å². The van der Waals surface area contributed by atoms with Gasteiger partial charge in [-0.1, -0.05) is 13.0 Å². The van der Waals surface area contributed by atoms with Crippen LogP contribution >= 0.6 is 15.9 Å². The molecular weight excluding hydrogens is 304 g/mol. The molecule has 1 aliphatic heterocycles. The van der Waals surface area contributed by atoms with Gasteiger partial charge in [0.2, 0.25) is 0 Å². The predicted molar refractivity (Wildman–Crippen MR) is 81.2 cm³/mol. The Morgan fingerprint density at radius 1 is 1.53 bits per heavy atom. The van der Waals surface area contributed by atoms with Crippen molar-refractivity contribution in [2.45, 2.75) is 32.7 Å². The third-order valence-corrected chi connectivity index (χ3v) is 4.63. The first kappa shape index (κ1) is 14.5. The number of aryl methyl sites for hydroxylation is 1. The van der Waals surface area contributed by atoms with Gasteiger partial charge >= 0.3 is 0 Å². The summed E-state index contributed by atoms with van der Waals surface area (Å²) >= 11 is 3.49. The molecule has 0 radical (unpaired) electrons. The van der Waals surface area contributed by atoms with Crippen LogP contribution < -0.4 is 5.73 Å². The fourth-order valence-electron chi connectivity index (χ4n) is 2.81. The van der Waals surface area contributed by atoms with Gasteiger partial charge in [-0.2, -0.15) is 0 Å². The maximum Gasteiger partial charge on any atom is 0.255 e. The topological polar surface area (TPSA) is 46.3 Å². The lowest BCUT2D eigenvalue weighted by molar-refractivity contribution is 0.0531. The van der Waals surface area contributed by atoms with Crippen LogP contribution in [0.1, 0.15) is 35.7 Å². The van der Waals surface area contributed by atoms with Gasteiger partial charge in [-0.25, -0.2) is 0 Å². The van der Waals surface area contributed by atoms with Crippen molar-refractivity contribution >= 4 is 21.8 Å². The number of piperidine rings is 1. The first-order valence-corrected chi connectivity index (χ1v) is 7.61. The summed E-state index contributed by atoms with van der Waals surface area (Å²) in [6.07, 6.45) is 2.22. The van der Waals surface area contributed by atoms with Gasteiger partial charge in [-0.05, 0) is 59.3 Å². The molecule has 1 aliphatic rings. The molecule has 104 valence electrons. The van der Waals surface area contributed by atoms with Crippen LogP contribution in [0.3, 0.4) is 0 Å². The van der Waals surface area contributed by atoms with Crippen LogP contribution in [0.5, 0.6) is 0 Å². The van der Waals surface area contributed by atoms with Gasteiger partial charge in [0.15, 0.2) is 0 Å². The second kappa shape index (κ2) is 6.06. The molecule has 1 aromatic rings. The summed E-state index contributed by atoms with van der Waals surface area (Å²) in [6, 6.07) is 6.02. The molecule has 0 aliphatic carbocycles. The largest absolute Gasteiger partial charge is 0.334 e. The smallest absolute Gasteiger partial charge is 0.255 e. The molecule has 2 atom stereocenters. The number of amides is 1. The minimum atomic E-state index is 0.0916. The fourth-order valence-corrected chi connectivity index (χ4v) is 3.47. The first-order valence-electron chi connectivity index (χ1n) is 6.81. The zero-order valence-corrected chi connectivity index (χ0v) is 13.1. The summed E-state index contributed by atoms with van der Waals surface area (Å²) in [7, 11) is 0. The highest BCUT2D eigenvalue weighted by atomic mass is 79.9. The van der Waals surface area contributed by atoms with Crippen molar-refractivity contribution in [1.82, 2.24) is 4.90 Å². The molecule has 4 heteroatoms. The van der Waals surface area contributed by atoms with Crippen LogP contribution in [0.15, 0.2) is 22.7 Å². The minimum absolute atomic E-state index is 0.0916. The highest BCUT2D eigenvalue weighted by molar-refractivity contribution is 9.10. The van der Waals surface area contributed by atoms with Crippen LogP contribution in [0.4, 0.5) is 0 Å². The third kappa shape index (κ3) is 3.00. The first-order chi connectivity index (χ1) is 9.04. The molecule has 1 saturated heterocycles. The van der Waals surface area contributed by atoms with Gasteiger partial charge in [0, 0.05) is 23.6 Å². The van der Waals surface area contributed by atoms with E-state index in [9.17, 15) is 4.79 Å². The summed E-state index contributed by atoms with van der Waals surface area (Å²) in [5.41, 5.74) is 7.74. The molecule has 19 heavy (non-hydrogen) atoms. The van der Waals surface area contributed by atoms with Crippen LogP contribution in [-0.4, -0.2) is 29.9 Å². The van der Waals surface area contributed by atoms with E-state index < -0.39 is 0 Å². The fraction of sp³-hybridized carbons (Fsp3) is 0.533. The maximum atomic E-state index is 12.7. The molecule has 0 spiro atoms. The number of benzene rings is 1. The number of hydrogen-bond acceptors (Lipinski definition) is 2.